The molecule has 0 saturated carbocycles. The van der Waals surface area contributed by atoms with Crippen LogP contribution in [0.5, 0.6) is 0 Å². The molecule has 134 valence electrons. The monoisotopic (exact) mass is 349 g/mol. The minimum absolute atomic E-state index is 0. The van der Waals surface area contributed by atoms with Crippen LogP contribution in [0, 0.1) is 6.19 Å². The minimum atomic E-state index is -0.902. The van der Waals surface area contributed by atoms with Crippen molar-refractivity contribution >= 4 is 35.5 Å². The Morgan fingerprint density at radius 3 is 2.21 bits per heavy atom. The molecular weight excluding hydrogens is 315 g/mol. The Balaban J connectivity index is 0.00000529. The molecule has 0 aromatic rings. The molecule has 0 aromatic carbocycles. The van der Waals surface area contributed by atoms with Crippen molar-refractivity contribution in [2.24, 2.45) is 0 Å². The topological polar surface area (TPSA) is 65.1 Å². The number of hydrogen-bond acceptors (Lipinski definition) is 3. The molecule has 6 heteroatoms. The van der Waals surface area contributed by atoms with Crippen molar-refractivity contribution in [1.29, 1.82) is 0 Å². The van der Waals surface area contributed by atoms with Crippen LogP contribution in [0.15, 0.2) is 0 Å². The molecule has 2 atom stereocenters. The van der Waals surface area contributed by atoms with Gasteiger partial charge in [-0.1, -0.05) is 64.7 Å². The molecule has 1 unspecified atom stereocenters. The van der Waals surface area contributed by atoms with Crippen molar-refractivity contribution in [3.05, 3.63) is 4.85 Å². The molecule has 0 aliphatic carbocycles. The van der Waals surface area contributed by atoms with Crippen molar-refractivity contribution in [2.45, 2.75) is 89.7 Å². The van der Waals surface area contributed by atoms with E-state index in [1.807, 2.05) is 0 Å². The van der Waals surface area contributed by atoms with Crippen LogP contribution >= 0.6 is 0 Å². The molecule has 0 fully saturated rings. The van der Waals surface area contributed by atoms with E-state index in [2.05, 4.69) is 18.0 Å². The van der Waals surface area contributed by atoms with E-state index < -0.39 is 18.1 Å². The fourth-order valence-corrected chi connectivity index (χ4v) is 3.00. The third-order valence-electron chi connectivity index (χ3n) is 4.45. The molecule has 0 spiro atoms. The van der Waals surface area contributed by atoms with Gasteiger partial charge in [0.05, 0.1) is 6.10 Å². The second-order valence-corrected chi connectivity index (χ2v) is 6.54. The first-order valence-electron chi connectivity index (χ1n) is 9.24. The molecule has 1 rings (SSSR count). The standard InChI is InChI=1S/C18H32N2O3.Na.H/c1-2-3-4-5-6-7-8-9-10-11-16(21)14-17(18(22)23)20-13-12-19-15-20;;/h16-17,21H,2-14H2,1H3;;/p+1/t16-,17?;;/m0../s1. The van der Waals surface area contributed by atoms with Gasteiger partial charge in [0.25, 0.3) is 0 Å². The van der Waals surface area contributed by atoms with Crippen molar-refractivity contribution in [2.75, 3.05) is 13.1 Å². The number of hydrogen-bond donors (Lipinski definition) is 2. The zero-order valence-electron chi connectivity index (χ0n) is 14.5. The number of carboxylic acids is 1. The average Bonchev–Trinajstić information content (AvgIpc) is 3.04. The first-order chi connectivity index (χ1) is 11.1. The summed E-state index contributed by atoms with van der Waals surface area (Å²) in [5.41, 5.74) is 0. The van der Waals surface area contributed by atoms with Gasteiger partial charge in [-0.2, -0.15) is 9.74 Å². The van der Waals surface area contributed by atoms with Crippen molar-refractivity contribution in [1.82, 2.24) is 4.90 Å². The molecule has 1 aliphatic rings. The summed E-state index contributed by atoms with van der Waals surface area (Å²) in [4.78, 5) is 16.8. The summed E-state index contributed by atoms with van der Waals surface area (Å²) >= 11 is 0. The van der Waals surface area contributed by atoms with Crippen LogP contribution in [0.2, 0.25) is 0 Å². The van der Waals surface area contributed by atoms with Crippen LogP contribution in [0.25, 0.3) is 4.85 Å². The second kappa shape index (κ2) is 15.0. The molecule has 0 bridgehead atoms. The first-order valence-corrected chi connectivity index (χ1v) is 9.24. The second-order valence-electron chi connectivity index (χ2n) is 6.54. The summed E-state index contributed by atoms with van der Waals surface area (Å²) < 4.78 is 0. The van der Waals surface area contributed by atoms with E-state index in [4.69, 9.17) is 0 Å². The molecule has 0 amide bonds. The Labute approximate surface area is 168 Å². The van der Waals surface area contributed by atoms with Crippen molar-refractivity contribution < 1.29 is 15.0 Å². The van der Waals surface area contributed by atoms with E-state index in [-0.39, 0.29) is 36.0 Å². The van der Waals surface area contributed by atoms with Gasteiger partial charge in [-0.15, -0.1) is 0 Å². The van der Waals surface area contributed by atoms with Gasteiger partial charge in [0.1, 0.15) is 6.54 Å². The summed E-state index contributed by atoms with van der Waals surface area (Å²) in [7, 11) is 0. The molecule has 0 aromatic heterocycles. The van der Waals surface area contributed by atoms with Crippen LogP contribution in [-0.2, 0) is 4.79 Å². The third-order valence-corrected chi connectivity index (χ3v) is 4.45. The van der Waals surface area contributed by atoms with Gasteiger partial charge in [0.2, 0.25) is 12.6 Å². The number of aliphatic hydroxyl groups excluding tert-OH is 1. The number of aliphatic carboxylic acids is 1. The molecule has 0 radical (unpaired) electrons. The molecule has 24 heavy (non-hydrogen) atoms. The van der Waals surface area contributed by atoms with Crippen LogP contribution in [0.3, 0.4) is 0 Å². The Kier molecular flexibility index (Phi) is 14.8. The number of rotatable bonds is 14. The van der Waals surface area contributed by atoms with E-state index in [0.717, 1.165) is 12.8 Å². The van der Waals surface area contributed by atoms with Gasteiger partial charge >= 0.3 is 41.7 Å². The average molecular weight is 349 g/mol. The van der Waals surface area contributed by atoms with Crippen molar-refractivity contribution in [3.63, 3.8) is 0 Å². The SMILES string of the molecule is CCCCCCCCCCC[C@H](O)CC(C(=O)O)N1C#[N+]CC1.[NaH]. The predicted octanol–water partition coefficient (Wildman–Crippen LogP) is 3.07. The summed E-state index contributed by atoms with van der Waals surface area (Å²) in [6, 6.07) is -0.699. The number of carbonyl (C=O) groups is 1. The van der Waals surface area contributed by atoms with E-state index in [0.29, 0.717) is 19.5 Å². The van der Waals surface area contributed by atoms with E-state index in [1.54, 1.807) is 4.90 Å². The molecule has 0 saturated heterocycles. The molecule has 5 nitrogen and oxygen atoms in total. The Morgan fingerprint density at radius 1 is 1.12 bits per heavy atom. The Hall–Kier alpha value is -0.280. The fraction of sp³-hybridized carbons (Fsp3) is 0.889. The summed E-state index contributed by atoms with van der Waals surface area (Å²) in [6.07, 6.45) is 14.3. The van der Waals surface area contributed by atoms with Gasteiger partial charge in [-0.05, 0) is 6.42 Å². The zero-order valence-corrected chi connectivity index (χ0v) is 14.5. The summed E-state index contributed by atoms with van der Waals surface area (Å²) in [6.45, 7) is 3.41. The van der Waals surface area contributed by atoms with Gasteiger partial charge in [0.15, 0.2) is 0 Å². The Morgan fingerprint density at radius 2 is 1.71 bits per heavy atom. The quantitative estimate of drug-likeness (QED) is 0.287. The molecule has 2 N–H and O–H groups in total. The van der Waals surface area contributed by atoms with Gasteiger partial charge < -0.3 is 10.2 Å². The van der Waals surface area contributed by atoms with Crippen LogP contribution < -0.4 is 0 Å². The van der Waals surface area contributed by atoms with Crippen LogP contribution in [-0.4, -0.2) is 75.9 Å². The first kappa shape index (κ1) is 23.7. The maximum absolute atomic E-state index is 11.3. The zero-order chi connectivity index (χ0) is 16.9. The van der Waals surface area contributed by atoms with Crippen LogP contribution in [0.4, 0.5) is 0 Å². The molecule has 1 aliphatic heterocycles. The summed E-state index contributed by atoms with van der Waals surface area (Å²) in [5, 5.41) is 19.4. The predicted molar refractivity (Wildman–Crippen MR) is 99.9 cm³/mol. The Bertz CT molecular complexity index is 395. The van der Waals surface area contributed by atoms with Gasteiger partial charge in [-0.25, -0.2) is 4.79 Å². The van der Waals surface area contributed by atoms with Crippen LogP contribution in [0.1, 0.15) is 77.6 Å². The van der Waals surface area contributed by atoms with E-state index >= 15 is 0 Å². The van der Waals surface area contributed by atoms with Gasteiger partial charge in [0, 0.05) is 6.42 Å². The molecule has 1 heterocycles. The maximum atomic E-state index is 11.3. The number of nitrogens with zero attached hydrogens (tertiary/aromatic N) is 2. The number of unbranched alkanes of at least 4 members (excludes halogenated alkanes) is 8. The summed E-state index contributed by atoms with van der Waals surface area (Å²) in [5.74, 6) is -0.902. The normalized spacial score (nSPS) is 15.3. The van der Waals surface area contributed by atoms with E-state index in [1.165, 1.54) is 44.9 Å². The van der Waals surface area contributed by atoms with Gasteiger partial charge in [-0.3, -0.25) is 0 Å². The number of carboxylic acid groups (broad SMARTS) is 1. The molecular formula is C18H34N2NaO3+. The van der Waals surface area contributed by atoms with Crippen molar-refractivity contribution in [3.8, 4) is 6.19 Å². The fourth-order valence-electron chi connectivity index (χ4n) is 3.00. The van der Waals surface area contributed by atoms with E-state index in [9.17, 15) is 15.0 Å². The number of aliphatic hydroxyl groups is 1. The third kappa shape index (κ3) is 10.6.